The Morgan fingerprint density at radius 2 is 2.08 bits per heavy atom. The van der Waals surface area contributed by atoms with Crippen LogP contribution in [0.2, 0.25) is 0 Å². The predicted octanol–water partition coefficient (Wildman–Crippen LogP) is 1.24. The molecule has 0 bridgehead atoms. The van der Waals surface area contributed by atoms with Crippen molar-refractivity contribution in [2.45, 2.75) is 44.1 Å². The molecule has 0 aromatic heterocycles. The van der Waals surface area contributed by atoms with Crippen LogP contribution in [0.3, 0.4) is 0 Å². The van der Waals surface area contributed by atoms with Gasteiger partial charge in [0.2, 0.25) is 0 Å². The summed E-state index contributed by atoms with van der Waals surface area (Å²) in [4.78, 5) is 10.8. The van der Waals surface area contributed by atoms with Crippen LogP contribution in [0.4, 0.5) is 0 Å². The highest BCUT2D eigenvalue weighted by Crippen LogP contribution is 2.33. The molecule has 0 spiro atoms. The van der Waals surface area contributed by atoms with Crippen LogP contribution >= 0.6 is 0 Å². The molecule has 0 radical (unpaired) electrons. The number of hydrogen-bond acceptors (Lipinski definition) is 3. The third kappa shape index (κ3) is 2.48. The van der Waals surface area contributed by atoms with E-state index in [4.69, 9.17) is 0 Å². The predicted molar refractivity (Wildman–Crippen MR) is 44.7 cm³/mol. The van der Waals surface area contributed by atoms with E-state index in [2.05, 4.69) is 4.74 Å². The zero-order valence-electron chi connectivity index (χ0n) is 7.51. The molecule has 0 heterocycles. The lowest BCUT2D eigenvalue weighted by atomic mass is 9.96. The first-order valence-corrected chi connectivity index (χ1v) is 4.45. The summed E-state index contributed by atoms with van der Waals surface area (Å²) in [5.74, 6) is -0.227. The van der Waals surface area contributed by atoms with Crippen LogP contribution in [0.25, 0.3) is 0 Å². The first-order valence-electron chi connectivity index (χ1n) is 4.45. The van der Waals surface area contributed by atoms with Crippen molar-refractivity contribution in [1.29, 1.82) is 0 Å². The SMILES string of the molecule is COC(=O)CCC1(O)CCCC1. The number of ether oxygens (including phenoxy) is 1. The molecule has 1 aliphatic rings. The van der Waals surface area contributed by atoms with E-state index in [1.165, 1.54) is 7.11 Å². The van der Waals surface area contributed by atoms with E-state index in [0.29, 0.717) is 12.8 Å². The van der Waals surface area contributed by atoms with E-state index in [1.807, 2.05) is 0 Å². The molecule has 0 amide bonds. The molecule has 1 N–H and O–H groups in total. The van der Waals surface area contributed by atoms with Crippen LogP contribution in [0.5, 0.6) is 0 Å². The van der Waals surface area contributed by atoms with Crippen molar-refractivity contribution in [3.63, 3.8) is 0 Å². The number of aliphatic hydroxyl groups is 1. The fourth-order valence-corrected chi connectivity index (χ4v) is 1.72. The van der Waals surface area contributed by atoms with E-state index >= 15 is 0 Å². The van der Waals surface area contributed by atoms with Crippen molar-refractivity contribution >= 4 is 5.97 Å². The molecule has 3 nitrogen and oxygen atoms in total. The van der Waals surface area contributed by atoms with Crippen molar-refractivity contribution in [1.82, 2.24) is 0 Å². The molecular weight excluding hydrogens is 156 g/mol. The fraction of sp³-hybridized carbons (Fsp3) is 0.889. The van der Waals surface area contributed by atoms with Gasteiger partial charge in [0.15, 0.2) is 0 Å². The average Bonchev–Trinajstić information content (AvgIpc) is 2.49. The fourth-order valence-electron chi connectivity index (χ4n) is 1.72. The normalized spacial score (nSPS) is 20.8. The van der Waals surface area contributed by atoms with Gasteiger partial charge in [-0.3, -0.25) is 4.79 Å². The van der Waals surface area contributed by atoms with Gasteiger partial charge < -0.3 is 9.84 Å². The zero-order chi connectivity index (χ0) is 9.03. The molecule has 3 heteroatoms. The van der Waals surface area contributed by atoms with Gasteiger partial charge in [-0.15, -0.1) is 0 Å². The first-order chi connectivity index (χ1) is 5.66. The minimum Gasteiger partial charge on any atom is -0.469 e. The van der Waals surface area contributed by atoms with Crippen molar-refractivity contribution in [3.05, 3.63) is 0 Å². The lowest BCUT2D eigenvalue weighted by molar-refractivity contribution is -0.142. The maximum atomic E-state index is 10.8. The monoisotopic (exact) mass is 172 g/mol. The highest BCUT2D eigenvalue weighted by Gasteiger charge is 2.31. The van der Waals surface area contributed by atoms with E-state index in [1.54, 1.807) is 0 Å². The average molecular weight is 172 g/mol. The standard InChI is InChI=1S/C9H16O3/c1-12-8(10)4-7-9(11)5-2-3-6-9/h11H,2-7H2,1H3. The second-order valence-corrected chi connectivity index (χ2v) is 3.51. The van der Waals surface area contributed by atoms with Gasteiger partial charge in [-0.1, -0.05) is 12.8 Å². The van der Waals surface area contributed by atoms with Crippen molar-refractivity contribution in [2.24, 2.45) is 0 Å². The number of esters is 1. The van der Waals surface area contributed by atoms with E-state index in [-0.39, 0.29) is 5.97 Å². The molecule has 0 saturated heterocycles. The van der Waals surface area contributed by atoms with E-state index in [0.717, 1.165) is 25.7 Å². The summed E-state index contributed by atoms with van der Waals surface area (Å²) in [6.07, 6.45) is 4.73. The molecule has 0 aromatic rings. The van der Waals surface area contributed by atoms with E-state index in [9.17, 15) is 9.90 Å². The van der Waals surface area contributed by atoms with Gasteiger partial charge in [-0.05, 0) is 19.3 Å². The van der Waals surface area contributed by atoms with Crippen molar-refractivity contribution in [2.75, 3.05) is 7.11 Å². The molecule has 1 saturated carbocycles. The third-order valence-electron chi connectivity index (χ3n) is 2.56. The molecule has 1 rings (SSSR count). The lowest BCUT2D eigenvalue weighted by Gasteiger charge is -2.20. The van der Waals surface area contributed by atoms with Gasteiger partial charge in [0.1, 0.15) is 0 Å². The minimum atomic E-state index is -0.575. The Kier molecular flexibility index (Phi) is 3.09. The Bertz CT molecular complexity index is 159. The van der Waals surface area contributed by atoms with Gasteiger partial charge in [0.05, 0.1) is 12.7 Å². The van der Waals surface area contributed by atoms with Crippen LogP contribution in [0.1, 0.15) is 38.5 Å². The summed E-state index contributed by atoms with van der Waals surface area (Å²) in [7, 11) is 1.38. The molecular formula is C9H16O3. The molecule has 1 fully saturated rings. The minimum absolute atomic E-state index is 0.227. The first kappa shape index (κ1) is 9.52. The number of hydrogen-bond donors (Lipinski definition) is 1. The van der Waals surface area contributed by atoms with Gasteiger partial charge in [0, 0.05) is 6.42 Å². The van der Waals surface area contributed by atoms with Gasteiger partial charge in [0.25, 0.3) is 0 Å². The Morgan fingerprint density at radius 1 is 1.50 bits per heavy atom. The van der Waals surface area contributed by atoms with Crippen LogP contribution in [0.15, 0.2) is 0 Å². The summed E-state index contributed by atoms with van der Waals surface area (Å²) in [6, 6.07) is 0. The summed E-state index contributed by atoms with van der Waals surface area (Å²) >= 11 is 0. The highest BCUT2D eigenvalue weighted by atomic mass is 16.5. The smallest absolute Gasteiger partial charge is 0.305 e. The molecule has 70 valence electrons. The van der Waals surface area contributed by atoms with Gasteiger partial charge in [-0.2, -0.15) is 0 Å². The maximum absolute atomic E-state index is 10.8. The van der Waals surface area contributed by atoms with Crippen LogP contribution in [-0.4, -0.2) is 23.8 Å². The number of carbonyl (C=O) groups excluding carboxylic acids is 1. The summed E-state index contributed by atoms with van der Waals surface area (Å²) < 4.78 is 4.50. The number of rotatable bonds is 3. The largest absolute Gasteiger partial charge is 0.469 e. The third-order valence-corrected chi connectivity index (χ3v) is 2.56. The molecule has 0 aliphatic heterocycles. The highest BCUT2D eigenvalue weighted by molar-refractivity contribution is 5.69. The number of methoxy groups -OCH3 is 1. The van der Waals surface area contributed by atoms with Crippen LogP contribution < -0.4 is 0 Å². The van der Waals surface area contributed by atoms with Crippen LogP contribution in [-0.2, 0) is 9.53 Å². The topological polar surface area (TPSA) is 46.5 Å². The zero-order valence-corrected chi connectivity index (χ0v) is 7.51. The molecule has 0 unspecified atom stereocenters. The summed E-state index contributed by atoms with van der Waals surface area (Å²) in [6.45, 7) is 0. The molecule has 1 aliphatic carbocycles. The Labute approximate surface area is 72.7 Å². The quantitative estimate of drug-likeness (QED) is 0.651. The second-order valence-electron chi connectivity index (χ2n) is 3.51. The lowest BCUT2D eigenvalue weighted by Crippen LogP contribution is -2.25. The molecule has 0 atom stereocenters. The Balaban J connectivity index is 2.25. The maximum Gasteiger partial charge on any atom is 0.305 e. The van der Waals surface area contributed by atoms with Crippen LogP contribution in [0, 0.1) is 0 Å². The van der Waals surface area contributed by atoms with Gasteiger partial charge >= 0.3 is 5.97 Å². The van der Waals surface area contributed by atoms with Gasteiger partial charge in [-0.25, -0.2) is 0 Å². The Hall–Kier alpha value is -0.570. The molecule has 12 heavy (non-hydrogen) atoms. The summed E-state index contributed by atoms with van der Waals surface area (Å²) in [5, 5.41) is 9.83. The Morgan fingerprint density at radius 3 is 2.58 bits per heavy atom. The molecule has 0 aromatic carbocycles. The van der Waals surface area contributed by atoms with Crippen molar-refractivity contribution < 1.29 is 14.6 Å². The summed E-state index contributed by atoms with van der Waals surface area (Å²) in [5.41, 5.74) is -0.575. The number of carbonyl (C=O) groups is 1. The second kappa shape index (κ2) is 3.90. The van der Waals surface area contributed by atoms with Crippen molar-refractivity contribution in [3.8, 4) is 0 Å². The van der Waals surface area contributed by atoms with E-state index < -0.39 is 5.60 Å².